The first-order chi connectivity index (χ1) is 13.2. The van der Waals surface area contributed by atoms with Crippen LogP contribution in [0.2, 0.25) is 0 Å². The highest BCUT2D eigenvalue weighted by molar-refractivity contribution is 7.92. The van der Waals surface area contributed by atoms with Gasteiger partial charge in [-0.2, -0.15) is 0 Å². The van der Waals surface area contributed by atoms with Crippen molar-refractivity contribution in [3.63, 3.8) is 0 Å². The summed E-state index contributed by atoms with van der Waals surface area (Å²) in [5.74, 6) is 0.431. The summed E-state index contributed by atoms with van der Waals surface area (Å²) in [5.41, 5.74) is 2.38. The molecule has 6 nitrogen and oxygen atoms in total. The van der Waals surface area contributed by atoms with Gasteiger partial charge < -0.3 is 10.1 Å². The lowest BCUT2D eigenvalue weighted by molar-refractivity contribution is -0.122. The van der Waals surface area contributed by atoms with Crippen LogP contribution in [0, 0.1) is 6.92 Å². The molecule has 1 amide bonds. The van der Waals surface area contributed by atoms with Crippen LogP contribution in [0.15, 0.2) is 48.5 Å². The van der Waals surface area contributed by atoms with E-state index < -0.39 is 16.1 Å². The zero-order chi connectivity index (χ0) is 20.9. The van der Waals surface area contributed by atoms with E-state index in [2.05, 4.69) is 5.32 Å². The smallest absolute Gasteiger partial charge is 0.244 e. The Labute approximate surface area is 167 Å². The number of carbonyl (C=O) groups is 1. The fourth-order valence-corrected chi connectivity index (χ4v) is 4.39. The largest absolute Gasteiger partial charge is 0.496 e. The molecule has 2 rings (SSSR count). The molecule has 1 N–H and O–H groups in total. The summed E-state index contributed by atoms with van der Waals surface area (Å²) in [5, 5.41) is 2.98. The zero-order valence-electron chi connectivity index (χ0n) is 17.0. The van der Waals surface area contributed by atoms with Crippen molar-refractivity contribution >= 4 is 21.6 Å². The van der Waals surface area contributed by atoms with E-state index in [9.17, 15) is 13.2 Å². The van der Waals surface area contributed by atoms with Crippen LogP contribution in [0.25, 0.3) is 0 Å². The Morgan fingerprint density at radius 2 is 1.82 bits per heavy atom. The topological polar surface area (TPSA) is 75.7 Å². The third-order valence-corrected chi connectivity index (χ3v) is 5.89. The van der Waals surface area contributed by atoms with Gasteiger partial charge in [0, 0.05) is 0 Å². The van der Waals surface area contributed by atoms with Gasteiger partial charge in [0.1, 0.15) is 11.8 Å². The molecular formula is C21H28N2O4S. The summed E-state index contributed by atoms with van der Waals surface area (Å²) in [7, 11) is -2.01. The molecule has 0 aliphatic carbocycles. The lowest BCUT2D eigenvalue weighted by atomic mass is 10.0. The molecular weight excluding hydrogens is 376 g/mol. The maximum absolute atomic E-state index is 12.9. The molecule has 0 radical (unpaired) electrons. The number of sulfonamides is 1. The molecule has 0 spiro atoms. The van der Waals surface area contributed by atoms with Gasteiger partial charge in [0.15, 0.2) is 0 Å². The van der Waals surface area contributed by atoms with Crippen LogP contribution >= 0.6 is 0 Å². The van der Waals surface area contributed by atoms with Gasteiger partial charge in [-0.15, -0.1) is 0 Å². The number of para-hydroxylation sites is 1. The average Bonchev–Trinajstić information content (AvgIpc) is 2.65. The summed E-state index contributed by atoms with van der Waals surface area (Å²) < 4.78 is 31.1. The van der Waals surface area contributed by atoms with E-state index in [-0.39, 0.29) is 11.9 Å². The lowest BCUT2D eigenvalue weighted by Gasteiger charge is -2.30. The van der Waals surface area contributed by atoms with Crippen LogP contribution in [-0.4, -0.2) is 33.7 Å². The van der Waals surface area contributed by atoms with Crippen LogP contribution in [0.4, 0.5) is 5.69 Å². The van der Waals surface area contributed by atoms with Crippen molar-refractivity contribution in [1.82, 2.24) is 5.32 Å². The standard InChI is InChI=1S/C21H28N2O4S/c1-6-19(17-12-13-20(27-4)15(2)14-17)22-21(24)16(3)23(28(5,25)26)18-10-8-7-9-11-18/h7-14,16,19H,6H2,1-5H3,(H,22,24)/t16-,19-/m0/s1. The number of nitrogens with zero attached hydrogens (tertiary/aromatic N) is 1. The van der Waals surface area contributed by atoms with E-state index in [4.69, 9.17) is 4.74 Å². The number of anilines is 1. The van der Waals surface area contributed by atoms with Gasteiger partial charge in [0.2, 0.25) is 15.9 Å². The lowest BCUT2D eigenvalue weighted by Crippen LogP contribution is -2.48. The predicted molar refractivity (Wildman–Crippen MR) is 112 cm³/mol. The number of methoxy groups -OCH3 is 1. The first-order valence-corrected chi connectivity index (χ1v) is 11.0. The Bertz CT molecular complexity index is 913. The van der Waals surface area contributed by atoms with Crippen LogP contribution in [0.5, 0.6) is 5.75 Å². The predicted octanol–water partition coefficient (Wildman–Crippen LogP) is 3.43. The third-order valence-electron chi connectivity index (χ3n) is 4.65. The van der Waals surface area contributed by atoms with E-state index >= 15 is 0 Å². The van der Waals surface area contributed by atoms with Gasteiger partial charge in [-0.05, 0) is 49.6 Å². The molecule has 0 bridgehead atoms. The van der Waals surface area contributed by atoms with E-state index in [0.29, 0.717) is 12.1 Å². The SMILES string of the molecule is CC[C@H](NC(=O)[C@H](C)N(c1ccccc1)S(C)(=O)=O)c1ccc(OC)c(C)c1. The highest BCUT2D eigenvalue weighted by Gasteiger charge is 2.30. The number of aryl methyl sites for hydroxylation is 1. The normalized spacial score (nSPS) is 13.5. The zero-order valence-corrected chi connectivity index (χ0v) is 17.8. The van der Waals surface area contributed by atoms with Crippen molar-refractivity contribution in [2.75, 3.05) is 17.7 Å². The number of benzene rings is 2. The Balaban J connectivity index is 2.26. The van der Waals surface area contributed by atoms with Gasteiger partial charge in [-0.25, -0.2) is 8.42 Å². The summed E-state index contributed by atoms with van der Waals surface area (Å²) in [6.45, 7) is 5.51. The summed E-state index contributed by atoms with van der Waals surface area (Å²) >= 11 is 0. The van der Waals surface area contributed by atoms with E-state index in [1.165, 1.54) is 0 Å². The third kappa shape index (κ3) is 5.04. The first-order valence-electron chi connectivity index (χ1n) is 9.18. The van der Waals surface area contributed by atoms with Crippen molar-refractivity contribution in [2.45, 2.75) is 39.3 Å². The molecule has 0 unspecified atom stereocenters. The van der Waals surface area contributed by atoms with Crippen LogP contribution in [0.1, 0.15) is 37.4 Å². The van der Waals surface area contributed by atoms with Gasteiger partial charge in [-0.3, -0.25) is 9.10 Å². The molecule has 2 aromatic carbocycles. The highest BCUT2D eigenvalue weighted by Crippen LogP contribution is 2.25. The second kappa shape index (κ2) is 9.10. The molecule has 7 heteroatoms. The average molecular weight is 405 g/mol. The maximum Gasteiger partial charge on any atom is 0.244 e. The minimum atomic E-state index is -3.63. The summed E-state index contributed by atoms with van der Waals surface area (Å²) in [6, 6.07) is 13.3. The molecule has 0 aliphatic heterocycles. The number of hydrogen-bond acceptors (Lipinski definition) is 4. The molecule has 0 heterocycles. The first kappa shape index (κ1) is 21.8. The quantitative estimate of drug-likeness (QED) is 0.731. The molecule has 0 fully saturated rings. The fourth-order valence-electron chi connectivity index (χ4n) is 3.22. The number of amides is 1. The molecule has 0 aliphatic rings. The summed E-state index contributed by atoms with van der Waals surface area (Å²) in [6.07, 6.45) is 1.78. The highest BCUT2D eigenvalue weighted by atomic mass is 32.2. The Hall–Kier alpha value is -2.54. The summed E-state index contributed by atoms with van der Waals surface area (Å²) in [4.78, 5) is 12.9. The Morgan fingerprint density at radius 1 is 1.18 bits per heavy atom. The van der Waals surface area contributed by atoms with E-state index in [1.54, 1.807) is 44.4 Å². The van der Waals surface area contributed by atoms with Gasteiger partial charge >= 0.3 is 0 Å². The van der Waals surface area contributed by atoms with E-state index in [0.717, 1.165) is 27.4 Å². The monoisotopic (exact) mass is 404 g/mol. The second-order valence-electron chi connectivity index (χ2n) is 6.77. The molecule has 0 saturated heterocycles. The molecule has 2 aromatic rings. The van der Waals surface area contributed by atoms with Gasteiger partial charge in [0.05, 0.1) is 25.1 Å². The fraction of sp³-hybridized carbons (Fsp3) is 0.381. The van der Waals surface area contributed by atoms with Crippen molar-refractivity contribution in [3.05, 3.63) is 59.7 Å². The molecule has 0 saturated carbocycles. The van der Waals surface area contributed by atoms with Crippen molar-refractivity contribution < 1.29 is 17.9 Å². The van der Waals surface area contributed by atoms with Gasteiger partial charge in [-0.1, -0.05) is 37.3 Å². The van der Waals surface area contributed by atoms with Crippen LogP contribution in [0.3, 0.4) is 0 Å². The number of rotatable bonds is 8. The minimum absolute atomic E-state index is 0.225. The van der Waals surface area contributed by atoms with Crippen LogP contribution < -0.4 is 14.4 Å². The molecule has 28 heavy (non-hydrogen) atoms. The van der Waals surface area contributed by atoms with Crippen molar-refractivity contribution in [2.24, 2.45) is 0 Å². The molecule has 0 aromatic heterocycles. The number of nitrogens with one attached hydrogen (secondary N) is 1. The van der Waals surface area contributed by atoms with Crippen LogP contribution in [-0.2, 0) is 14.8 Å². The minimum Gasteiger partial charge on any atom is -0.496 e. The van der Waals surface area contributed by atoms with Gasteiger partial charge in [0.25, 0.3) is 0 Å². The van der Waals surface area contributed by atoms with Crippen molar-refractivity contribution in [1.29, 1.82) is 0 Å². The number of hydrogen-bond donors (Lipinski definition) is 1. The van der Waals surface area contributed by atoms with Crippen molar-refractivity contribution in [3.8, 4) is 5.75 Å². The second-order valence-corrected chi connectivity index (χ2v) is 8.63. The number of ether oxygens (including phenoxy) is 1. The Morgan fingerprint density at radius 3 is 2.32 bits per heavy atom. The molecule has 2 atom stereocenters. The maximum atomic E-state index is 12.9. The van der Waals surface area contributed by atoms with E-state index in [1.807, 2.05) is 32.0 Å². The Kier molecular flexibility index (Phi) is 7.07. The number of carbonyl (C=O) groups excluding carboxylic acids is 1. The molecule has 152 valence electrons.